The van der Waals surface area contributed by atoms with E-state index < -0.39 is 19.5 Å². The van der Waals surface area contributed by atoms with Crippen LogP contribution in [0.3, 0.4) is 0 Å². The lowest BCUT2D eigenvalue weighted by Crippen LogP contribution is -2.74. The SMILES string of the molecule is [2H]c1c([2H])c([2H])c2c(c1[2H])c1c([2H])c([2H])c([2H])c3c1n2-c1cc([Si](c2ccccc2)(c2ccccc2)c2ccccc2)ccc1C31c2ccccc2-c2ccccc21. The fraction of sp³-hybridized carbons (Fsp3) is 0.0204. The quantitative estimate of drug-likeness (QED) is 0.130. The molecule has 0 bridgehead atoms. The smallest absolute Gasteiger partial charge is 0.179 e. The zero-order valence-electron chi connectivity index (χ0n) is 34.5. The Bertz CT molecular complexity index is 3060. The first kappa shape index (κ1) is 22.5. The van der Waals surface area contributed by atoms with Crippen molar-refractivity contribution in [2.24, 2.45) is 0 Å². The molecule has 11 rings (SSSR count). The molecule has 2 heterocycles. The highest BCUT2D eigenvalue weighted by Crippen LogP contribution is 2.60. The molecule has 0 N–H and O–H groups in total. The van der Waals surface area contributed by atoms with Gasteiger partial charge in [-0.3, -0.25) is 0 Å². The van der Waals surface area contributed by atoms with Gasteiger partial charge in [0.05, 0.1) is 31.7 Å². The molecule has 2 heteroatoms. The van der Waals surface area contributed by atoms with Crippen molar-refractivity contribution < 1.29 is 9.60 Å². The van der Waals surface area contributed by atoms with Gasteiger partial charge in [0.2, 0.25) is 0 Å². The Balaban J connectivity index is 1.42. The van der Waals surface area contributed by atoms with Gasteiger partial charge in [-0.1, -0.05) is 188 Å². The number of nitrogens with zero attached hydrogens (tertiary/aromatic N) is 1. The van der Waals surface area contributed by atoms with Crippen LogP contribution < -0.4 is 20.7 Å². The number of para-hydroxylation sites is 2. The molecule has 51 heavy (non-hydrogen) atoms. The lowest BCUT2D eigenvalue weighted by molar-refractivity contribution is 0.749. The van der Waals surface area contributed by atoms with E-state index >= 15 is 0 Å². The van der Waals surface area contributed by atoms with Crippen molar-refractivity contribution in [1.29, 1.82) is 0 Å². The molecule has 8 aromatic carbocycles. The molecule has 9 aromatic rings. The summed E-state index contributed by atoms with van der Waals surface area (Å²) in [5.41, 5.74) is 5.58. The van der Waals surface area contributed by atoms with Crippen molar-refractivity contribution in [3.05, 3.63) is 222 Å². The molecule has 0 radical (unpaired) electrons. The molecule has 1 aliphatic carbocycles. The normalized spacial score (nSPS) is 15.6. The average molecular weight is 671 g/mol. The molecule has 0 amide bonds. The van der Waals surface area contributed by atoms with Crippen LogP contribution in [0.5, 0.6) is 0 Å². The van der Waals surface area contributed by atoms with E-state index in [1.807, 2.05) is 47.0 Å². The van der Waals surface area contributed by atoms with Crippen LogP contribution >= 0.6 is 0 Å². The number of benzene rings is 8. The van der Waals surface area contributed by atoms with Gasteiger partial charge in [-0.2, -0.15) is 0 Å². The van der Waals surface area contributed by atoms with E-state index in [4.69, 9.17) is 2.74 Å². The van der Waals surface area contributed by atoms with E-state index in [1.165, 1.54) is 15.6 Å². The zero-order chi connectivity index (χ0) is 39.7. The maximum Gasteiger partial charge on any atom is 0.179 e. The molecule has 0 atom stereocenters. The molecule has 2 aliphatic rings. The molecular formula is C49H33NSi. The molecule has 1 aromatic heterocycles. The minimum Gasteiger partial charge on any atom is -0.309 e. The molecule has 1 aliphatic heterocycles. The van der Waals surface area contributed by atoms with E-state index in [1.54, 1.807) is 0 Å². The summed E-state index contributed by atoms with van der Waals surface area (Å²) in [6, 6.07) is 53.1. The fourth-order valence-corrected chi connectivity index (χ4v) is 14.1. The lowest BCUT2D eigenvalue weighted by Gasteiger charge is -2.41. The van der Waals surface area contributed by atoms with Crippen LogP contribution in [0.15, 0.2) is 200 Å². The number of fused-ring (bicyclic) bond motifs is 12. The van der Waals surface area contributed by atoms with Crippen LogP contribution in [0.4, 0.5) is 0 Å². The highest BCUT2D eigenvalue weighted by Gasteiger charge is 2.51. The summed E-state index contributed by atoms with van der Waals surface area (Å²) in [6.07, 6.45) is 0. The molecule has 0 saturated heterocycles. The summed E-state index contributed by atoms with van der Waals surface area (Å²) >= 11 is 0. The van der Waals surface area contributed by atoms with Crippen LogP contribution in [0.25, 0.3) is 38.6 Å². The zero-order valence-corrected chi connectivity index (χ0v) is 28.5. The van der Waals surface area contributed by atoms with Crippen LogP contribution in [0, 0.1) is 0 Å². The summed E-state index contributed by atoms with van der Waals surface area (Å²) in [7, 11) is -3.12. The summed E-state index contributed by atoms with van der Waals surface area (Å²) < 4.78 is 67.0. The molecule has 0 fully saturated rings. The number of hydrogen-bond donors (Lipinski definition) is 0. The van der Waals surface area contributed by atoms with Crippen molar-refractivity contribution in [3.63, 3.8) is 0 Å². The Morgan fingerprint density at radius 1 is 0.431 bits per heavy atom. The van der Waals surface area contributed by atoms with E-state index in [2.05, 4.69) is 115 Å². The molecule has 1 nitrogen and oxygen atoms in total. The number of aromatic nitrogens is 1. The Kier molecular flexibility index (Phi) is 4.69. The van der Waals surface area contributed by atoms with Crippen molar-refractivity contribution in [2.45, 2.75) is 5.41 Å². The average Bonchev–Trinajstić information content (AvgIpc) is 3.78. The monoisotopic (exact) mass is 670 g/mol. The second kappa shape index (κ2) is 10.6. The highest BCUT2D eigenvalue weighted by atomic mass is 28.3. The van der Waals surface area contributed by atoms with Crippen LogP contribution in [-0.4, -0.2) is 12.6 Å². The Morgan fingerprint density at radius 3 is 1.57 bits per heavy atom. The van der Waals surface area contributed by atoms with Gasteiger partial charge < -0.3 is 4.57 Å². The Labute approximate surface area is 308 Å². The topological polar surface area (TPSA) is 4.93 Å². The highest BCUT2D eigenvalue weighted by molar-refractivity contribution is 7.19. The molecular weight excluding hydrogens is 631 g/mol. The van der Waals surface area contributed by atoms with Crippen LogP contribution in [0.2, 0.25) is 0 Å². The molecule has 0 saturated carbocycles. The number of hydrogen-bond acceptors (Lipinski definition) is 0. The van der Waals surface area contributed by atoms with Gasteiger partial charge in [-0.25, -0.2) is 0 Å². The standard InChI is InChI=1S/C49H33NSi/c1-4-17-34(18-5-1)51(35-19-6-2-7-20-35,36-21-8-3-9-22-36)37-31-32-44-47(33-37)50-46-30-15-12-25-40(46)41-26-16-29-45(48(41)50)49(44)42-27-13-10-23-38(42)39-24-11-14-28-43(39)49/h1-33H/i12D,15D,16D,25D,26D,29D,30D. The predicted molar refractivity (Wildman–Crippen MR) is 215 cm³/mol. The van der Waals surface area contributed by atoms with Gasteiger partial charge in [0, 0.05) is 10.8 Å². The summed E-state index contributed by atoms with van der Waals surface area (Å²) in [6.45, 7) is 0. The van der Waals surface area contributed by atoms with Gasteiger partial charge >= 0.3 is 0 Å². The minimum atomic E-state index is -3.12. The fourth-order valence-electron chi connectivity index (χ4n) is 9.34. The first-order valence-electron chi connectivity index (χ1n) is 20.8. The minimum absolute atomic E-state index is 0.0976. The lowest BCUT2D eigenvalue weighted by atomic mass is 9.65. The first-order valence-corrected chi connectivity index (χ1v) is 19.3. The number of rotatable bonds is 4. The van der Waals surface area contributed by atoms with Crippen molar-refractivity contribution in [1.82, 2.24) is 4.57 Å². The van der Waals surface area contributed by atoms with Crippen LogP contribution in [-0.2, 0) is 5.41 Å². The largest absolute Gasteiger partial charge is 0.309 e. The van der Waals surface area contributed by atoms with Crippen molar-refractivity contribution in [3.8, 4) is 16.8 Å². The summed E-state index contributed by atoms with van der Waals surface area (Å²) in [4.78, 5) is 0. The van der Waals surface area contributed by atoms with Crippen molar-refractivity contribution >= 4 is 50.6 Å². The van der Waals surface area contributed by atoms with E-state index in [9.17, 15) is 6.85 Å². The van der Waals surface area contributed by atoms with E-state index in [0.717, 1.165) is 38.7 Å². The molecule has 238 valence electrons. The maximum atomic E-state index is 9.82. The molecule has 1 spiro atoms. The van der Waals surface area contributed by atoms with Gasteiger partial charge in [-0.15, -0.1) is 0 Å². The molecule has 0 unspecified atom stereocenters. The first-order chi connectivity index (χ1) is 28.2. The van der Waals surface area contributed by atoms with Crippen LogP contribution in [0.1, 0.15) is 31.8 Å². The van der Waals surface area contributed by atoms with Gasteiger partial charge in [-0.05, 0) is 66.2 Å². The van der Waals surface area contributed by atoms with Gasteiger partial charge in [0.25, 0.3) is 0 Å². The van der Waals surface area contributed by atoms with Gasteiger partial charge in [0.15, 0.2) is 8.07 Å². The van der Waals surface area contributed by atoms with Gasteiger partial charge in [0.1, 0.15) is 0 Å². The predicted octanol–water partition coefficient (Wildman–Crippen LogP) is 8.84. The third-order valence-corrected chi connectivity index (χ3v) is 16.0. The summed E-state index contributed by atoms with van der Waals surface area (Å²) in [5.74, 6) is 0. The maximum absolute atomic E-state index is 9.82. The third kappa shape index (κ3) is 3.60. The Morgan fingerprint density at radius 2 is 0.961 bits per heavy atom. The van der Waals surface area contributed by atoms with Crippen molar-refractivity contribution in [2.75, 3.05) is 0 Å². The summed E-state index contributed by atoms with van der Waals surface area (Å²) in [5, 5.41) is 5.05. The Hall–Kier alpha value is -6.22. The van der Waals surface area contributed by atoms with E-state index in [-0.39, 0.29) is 52.5 Å². The third-order valence-electron chi connectivity index (χ3n) is 11.2. The second-order valence-electron chi connectivity index (χ2n) is 13.5. The van der Waals surface area contributed by atoms with E-state index in [0.29, 0.717) is 11.1 Å². The second-order valence-corrected chi connectivity index (χ2v) is 17.3.